The summed E-state index contributed by atoms with van der Waals surface area (Å²) in [6, 6.07) is 8.71. The number of para-hydroxylation sites is 1. The molecule has 0 unspecified atom stereocenters. The molecule has 1 aliphatic carbocycles. The Kier molecular flexibility index (Phi) is 5.53. The number of rotatable bonds is 4. The van der Waals surface area contributed by atoms with E-state index >= 15 is 0 Å². The van der Waals surface area contributed by atoms with Gasteiger partial charge in [0.05, 0.1) is 4.08 Å². The van der Waals surface area contributed by atoms with Crippen LogP contribution in [-0.4, -0.2) is 20.6 Å². The fourth-order valence-electron chi connectivity index (χ4n) is 4.61. The van der Waals surface area contributed by atoms with Crippen molar-refractivity contribution >= 4 is 34.4 Å². The molecule has 2 aromatic rings. The van der Waals surface area contributed by atoms with Crippen molar-refractivity contribution in [2.24, 2.45) is 5.41 Å². The van der Waals surface area contributed by atoms with Gasteiger partial charge in [0.15, 0.2) is 0 Å². The molecule has 0 spiro atoms. The third-order valence-electron chi connectivity index (χ3n) is 6.14. The van der Waals surface area contributed by atoms with Gasteiger partial charge in [-0.15, -0.1) is 23.5 Å². The van der Waals surface area contributed by atoms with E-state index in [1.807, 2.05) is 0 Å². The van der Waals surface area contributed by atoms with Crippen molar-refractivity contribution in [1.29, 1.82) is 0 Å². The Balaban J connectivity index is 1.66. The molecule has 0 radical (unpaired) electrons. The highest BCUT2D eigenvalue weighted by molar-refractivity contribution is 8.19. The average Bonchev–Trinajstić information content (AvgIpc) is 3.04. The third kappa shape index (κ3) is 4.05. The minimum atomic E-state index is 0.157. The molecule has 0 saturated carbocycles. The Morgan fingerprint density at radius 2 is 1.89 bits per heavy atom. The molecule has 1 N–H and O–H groups in total. The fourth-order valence-corrected chi connectivity index (χ4v) is 7.74. The molecule has 2 heterocycles. The number of aromatic nitrogens is 1. The van der Waals surface area contributed by atoms with Gasteiger partial charge < -0.3 is 4.98 Å². The summed E-state index contributed by atoms with van der Waals surface area (Å²) in [5.41, 5.74) is 6.19. The number of thioether (sulfide) groups is 2. The molecule has 1 saturated heterocycles. The molecule has 27 heavy (non-hydrogen) atoms. The van der Waals surface area contributed by atoms with E-state index in [4.69, 9.17) is 0 Å². The van der Waals surface area contributed by atoms with E-state index < -0.39 is 0 Å². The largest absolute Gasteiger partial charge is 0.361 e. The molecule has 0 amide bonds. The number of fused-ring (bicyclic) bond motifs is 1. The van der Waals surface area contributed by atoms with E-state index in [1.54, 1.807) is 11.1 Å². The van der Waals surface area contributed by atoms with Gasteiger partial charge >= 0.3 is 0 Å². The number of nitrogens with one attached hydrogen (secondary N) is 1. The van der Waals surface area contributed by atoms with Gasteiger partial charge in [-0.2, -0.15) is 0 Å². The monoisotopic (exact) mass is 397 g/mol. The second kappa shape index (κ2) is 7.75. The lowest BCUT2D eigenvalue weighted by molar-refractivity contribution is 0.376. The smallest absolute Gasteiger partial charge is 0.0835 e. The Labute approximate surface area is 172 Å². The predicted molar refractivity (Wildman–Crippen MR) is 124 cm³/mol. The molecule has 0 atom stereocenters. The van der Waals surface area contributed by atoms with Crippen LogP contribution in [0.25, 0.3) is 10.9 Å². The summed E-state index contributed by atoms with van der Waals surface area (Å²) in [6.07, 6.45) is 13.6. The van der Waals surface area contributed by atoms with Crippen LogP contribution in [0.4, 0.5) is 0 Å². The average molecular weight is 398 g/mol. The van der Waals surface area contributed by atoms with Crippen molar-refractivity contribution in [1.82, 2.24) is 4.98 Å². The number of allylic oxidation sites excluding steroid dienone is 3. The molecule has 1 aromatic heterocycles. The third-order valence-corrected chi connectivity index (χ3v) is 9.37. The summed E-state index contributed by atoms with van der Waals surface area (Å²) < 4.78 is 0.157. The maximum absolute atomic E-state index is 3.47. The topological polar surface area (TPSA) is 15.8 Å². The molecule has 2 aliphatic rings. The first kappa shape index (κ1) is 19.3. The van der Waals surface area contributed by atoms with E-state index in [-0.39, 0.29) is 4.08 Å². The number of hydrogen-bond acceptors (Lipinski definition) is 2. The van der Waals surface area contributed by atoms with Crippen LogP contribution in [0.5, 0.6) is 0 Å². The molecule has 144 valence electrons. The second-order valence-corrected chi connectivity index (χ2v) is 11.8. The van der Waals surface area contributed by atoms with E-state index in [0.29, 0.717) is 5.41 Å². The molecular weight excluding hydrogens is 366 g/mol. The van der Waals surface area contributed by atoms with Gasteiger partial charge in [0.1, 0.15) is 0 Å². The lowest BCUT2D eigenvalue weighted by atomic mass is 9.72. The van der Waals surface area contributed by atoms with Gasteiger partial charge in [-0.05, 0) is 66.7 Å². The van der Waals surface area contributed by atoms with Crippen molar-refractivity contribution < 1.29 is 0 Å². The number of aromatic amines is 1. The Morgan fingerprint density at radius 1 is 1.11 bits per heavy atom. The van der Waals surface area contributed by atoms with Crippen LogP contribution in [-0.2, 0) is 6.42 Å². The van der Waals surface area contributed by atoms with Crippen LogP contribution in [0, 0.1) is 5.41 Å². The highest BCUT2D eigenvalue weighted by Gasteiger charge is 2.33. The Morgan fingerprint density at radius 3 is 2.67 bits per heavy atom. The second-order valence-electron chi connectivity index (χ2n) is 8.66. The number of hydrogen-bond donors (Lipinski definition) is 1. The van der Waals surface area contributed by atoms with Crippen LogP contribution >= 0.6 is 23.5 Å². The van der Waals surface area contributed by atoms with E-state index in [0.717, 1.165) is 6.42 Å². The molecule has 3 heteroatoms. The minimum Gasteiger partial charge on any atom is -0.361 e. The van der Waals surface area contributed by atoms with E-state index in [2.05, 4.69) is 91.9 Å². The SMILES string of the molecule is CC1=C(/C=C/C2(Cc3c[nH]c4ccccc34)SCCCS2)C(C)(C)CCC1. The van der Waals surface area contributed by atoms with Crippen LogP contribution in [0.1, 0.15) is 52.0 Å². The molecular formula is C24H31NS2. The minimum absolute atomic E-state index is 0.157. The molecule has 4 rings (SSSR count). The van der Waals surface area contributed by atoms with Crippen molar-refractivity contribution in [3.8, 4) is 0 Å². The first-order chi connectivity index (χ1) is 13.0. The highest BCUT2D eigenvalue weighted by Crippen LogP contribution is 2.48. The summed E-state index contributed by atoms with van der Waals surface area (Å²) in [5, 5.41) is 1.38. The van der Waals surface area contributed by atoms with Gasteiger partial charge in [0.25, 0.3) is 0 Å². The van der Waals surface area contributed by atoms with Crippen LogP contribution in [0.2, 0.25) is 0 Å². The molecule has 1 aliphatic heterocycles. The maximum Gasteiger partial charge on any atom is 0.0835 e. The quantitative estimate of drug-likeness (QED) is 0.580. The van der Waals surface area contributed by atoms with E-state index in [9.17, 15) is 0 Å². The van der Waals surface area contributed by atoms with Crippen LogP contribution < -0.4 is 0 Å². The van der Waals surface area contributed by atoms with Gasteiger partial charge in [-0.25, -0.2) is 0 Å². The van der Waals surface area contributed by atoms with Crippen molar-refractivity contribution in [2.45, 2.75) is 57.0 Å². The summed E-state index contributed by atoms with van der Waals surface area (Å²) in [6.45, 7) is 7.18. The van der Waals surface area contributed by atoms with Gasteiger partial charge in [0.2, 0.25) is 0 Å². The normalized spacial score (nSPS) is 22.6. The first-order valence-electron chi connectivity index (χ1n) is 10.2. The van der Waals surface area contributed by atoms with Crippen LogP contribution in [0.15, 0.2) is 53.8 Å². The van der Waals surface area contributed by atoms with Crippen molar-refractivity contribution in [3.63, 3.8) is 0 Å². The van der Waals surface area contributed by atoms with Gasteiger partial charge in [-0.3, -0.25) is 0 Å². The maximum atomic E-state index is 3.47. The van der Waals surface area contributed by atoms with Gasteiger partial charge in [-0.1, -0.05) is 49.8 Å². The van der Waals surface area contributed by atoms with Gasteiger partial charge in [0, 0.05) is 23.5 Å². The first-order valence-corrected chi connectivity index (χ1v) is 12.2. The zero-order chi connectivity index (χ0) is 18.9. The summed E-state index contributed by atoms with van der Waals surface area (Å²) >= 11 is 4.29. The van der Waals surface area contributed by atoms with E-state index in [1.165, 1.54) is 53.7 Å². The Bertz CT molecular complexity index is 865. The van der Waals surface area contributed by atoms with Crippen LogP contribution in [0.3, 0.4) is 0 Å². The molecule has 1 aromatic carbocycles. The number of benzene rings is 1. The Hall–Kier alpha value is -1.06. The zero-order valence-electron chi connectivity index (χ0n) is 16.8. The lowest BCUT2D eigenvalue weighted by Crippen LogP contribution is -2.26. The molecule has 0 bridgehead atoms. The van der Waals surface area contributed by atoms with Crippen molar-refractivity contribution in [3.05, 3.63) is 59.3 Å². The fraction of sp³-hybridized carbons (Fsp3) is 0.500. The zero-order valence-corrected chi connectivity index (χ0v) is 18.4. The summed E-state index contributed by atoms with van der Waals surface area (Å²) in [4.78, 5) is 3.47. The summed E-state index contributed by atoms with van der Waals surface area (Å²) in [5.74, 6) is 2.53. The standard InChI is InChI=1S/C24H31NS2/c1-18-8-6-12-23(2,3)21(18)11-13-24(26-14-7-15-27-24)16-19-17-25-22-10-5-4-9-20(19)22/h4-5,9-11,13,17,25H,6-8,12,14-16H2,1-3H3/b13-11+. The predicted octanol–water partition coefficient (Wildman–Crippen LogP) is 7.36. The van der Waals surface area contributed by atoms with Crippen molar-refractivity contribution in [2.75, 3.05) is 11.5 Å². The number of H-pyrrole nitrogens is 1. The molecule has 1 nitrogen and oxygen atoms in total. The molecule has 1 fully saturated rings. The lowest BCUT2D eigenvalue weighted by Gasteiger charge is -2.36. The highest BCUT2D eigenvalue weighted by atomic mass is 32.2. The summed E-state index contributed by atoms with van der Waals surface area (Å²) in [7, 11) is 0.